The highest BCUT2D eigenvalue weighted by Gasteiger charge is 2.24. The summed E-state index contributed by atoms with van der Waals surface area (Å²) in [5.41, 5.74) is 1.59. The van der Waals surface area contributed by atoms with Gasteiger partial charge in [0, 0.05) is 48.5 Å². The van der Waals surface area contributed by atoms with Crippen molar-refractivity contribution < 1.29 is 18.6 Å². The Morgan fingerprint density at radius 2 is 1.69 bits per heavy atom. The summed E-state index contributed by atoms with van der Waals surface area (Å²) in [4.78, 5) is 2.19. The average Bonchev–Trinajstić information content (AvgIpc) is 3.18. The van der Waals surface area contributed by atoms with Gasteiger partial charge >= 0.3 is 0 Å². The van der Waals surface area contributed by atoms with Crippen molar-refractivity contribution in [3.05, 3.63) is 48.0 Å². The Hall–Kier alpha value is -2.02. The van der Waals surface area contributed by atoms with Crippen molar-refractivity contribution in [2.24, 2.45) is 0 Å². The smallest absolute Gasteiger partial charge is 0.123 e. The van der Waals surface area contributed by atoms with Crippen LogP contribution in [0.15, 0.2) is 36.4 Å². The minimum atomic E-state index is -0.584. The van der Waals surface area contributed by atoms with Gasteiger partial charge < -0.3 is 14.4 Å². The number of nitrogens with zero attached hydrogens (tertiary/aromatic N) is 2. The predicted molar refractivity (Wildman–Crippen MR) is 97.2 cm³/mol. The zero-order valence-corrected chi connectivity index (χ0v) is 14.7. The lowest BCUT2D eigenvalue weighted by Gasteiger charge is -2.21. The Morgan fingerprint density at radius 1 is 1.08 bits per heavy atom. The monoisotopic (exact) mass is 360 g/mol. The van der Waals surface area contributed by atoms with Crippen molar-refractivity contribution in [1.29, 1.82) is 0 Å². The highest BCUT2D eigenvalue weighted by atomic mass is 19.1. The van der Waals surface area contributed by atoms with E-state index in [0.29, 0.717) is 23.9 Å². The molecule has 4 rings (SSSR count). The van der Waals surface area contributed by atoms with Crippen LogP contribution in [0.4, 0.5) is 8.78 Å². The number of methoxy groups -OCH3 is 1. The average molecular weight is 360 g/mol. The summed E-state index contributed by atoms with van der Waals surface area (Å²) in [5.74, 6) is -0.715. The van der Waals surface area contributed by atoms with Crippen LogP contribution in [0.1, 0.15) is 6.42 Å². The molecule has 26 heavy (non-hydrogen) atoms. The van der Waals surface area contributed by atoms with E-state index in [0.717, 1.165) is 30.5 Å². The van der Waals surface area contributed by atoms with Gasteiger partial charge in [0.15, 0.2) is 0 Å². The van der Waals surface area contributed by atoms with E-state index < -0.39 is 6.10 Å². The third kappa shape index (κ3) is 3.20. The standard InChI is InChI=1S/C20H22F2N2O2/c1-26-16-6-7-23(12-16)10-15(25)11-24-19-4-2-13(21)8-17(19)18-9-14(22)3-5-20(18)24/h2-5,8-9,15-16,25H,6-7,10-12H2,1H3. The number of β-amino-alcohol motifs (C(OH)–C–C–N with tert-alkyl or cyclic N) is 1. The maximum atomic E-state index is 13.7. The first-order chi connectivity index (χ1) is 12.5. The summed E-state index contributed by atoms with van der Waals surface area (Å²) in [7, 11) is 1.71. The molecule has 1 aliphatic heterocycles. The van der Waals surface area contributed by atoms with E-state index in [4.69, 9.17) is 4.74 Å². The third-order valence-corrected chi connectivity index (χ3v) is 5.21. The number of hydrogen-bond acceptors (Lipinski definition) is 3. The van der Waals surface area contributed by atoms with Gasteiger partial charge in [-0.25, -0.2) is 8.78 Å². The van der Waals surface area contributed by atoms with E-state index >= 15 is 0 Å². The molecule has 0 spiro atoms. The lowest BCUT2D eigenvalue weighted by atomic mass is 10.1. The number of rotatable bonds is 5. The summed E-state index contributed by atoms with van der Waals surface area (Å²) in [6.07, 6.45) is 0.609. The second-order valence-electron chi connectivity index (χ2n) is 6.99. The minimum Gasteiger partial charge on any atom is -0.390 e. The fourth-order valence-corrected chi connectivity index (χ4v) is 3.97. The van der Waals surface area contributed by atoms with E-state index in [1.807, 2.05) is 4.57 Å². The molecule has 0 radical (unpaired) electrons. The molecule has 4 nitrogen and oxygen atoms in total. The van der Waals surface area contributed by atoms with Gasteiger partial charge in [-0.3, -0.25) is 4.90 Å². The van der Waals surface area contributed by atoms with E-state index in [2.05, 4.69) is 4.90 Å². The zero-order chi connectivity index (χ0) is 18.3. The number of halogens is 2. The van der Waals surface area contributed by atoms with Gasteiger partial charge in [-0.2, -0.15) is 0 Å². The first-order valence-electron chi connectivity index (χ1n) is 8.85. The summed E-state index contributed by atoms with van der Waals surface area (Å²) >= 11 is 0. The Morgan fingerprint density at radius 3 is 2.23 bits per heavy atom. The quantitative estimate of drug-likeness (QED) is 0.760. The van der Waals surface area contributed by atoms with Gasteiger partial charge in [0.05, 0.1) is 18.8 Å². The molecule has 2 aromatic carbocycles. The van der Waals surface area contributed by atoms with Gasteiger partial charge in [-0.1, -0.05) is 0 Å². The molecule has 3 aromatic rings. The molecular weight excluding hydrogens is 338 g/mol. The topological polar surface area (TPSA) is 37.6 Å². The van der Waals surface area contributed by atoms with Crippen molar-refractivity contribution in [2.75, 3.05) is 26.7 Å². The molecule has 2 heterocycles. The number of likely N-dealkylation sites (tertiary alicyclic amines) is 1. The van der Waals surface area contributed by atoms with Crippen molar-refractivity contribution >= 4 is 21.8 Å². The number of aliphatic hydroxyl groups is 1. The molecule has 0 bridgehead atoms. The molecule has 1 aromatic heterocycles. The second kappa shape index (κ2) is 6.95. The van der Waals surface area contributed by atoms with Crippen LogP contribution >= 0.6 is 0 Å². The second-order valence-corrected chi connectivity index (χ2v) is 6.99. The molecule has 2 unspecified atom stereocenters. The van der Waals surface area contributed by atoms with Crippen LogP contribution in [-0.4, -0.2) is 53.5 Å². The van der Waals surface area contributed by atoms with Crippen molar-refractivity contribution in [1.82, 2.24) is 9.47 Å². The maximum absolute atomic E-state index is 13.7. The lowest BCUT2D eigenvalue weighted by Crippen LogP contribution is -2.34. The van der Waals surface area contributed by atoms with E-state index in [-0.39, 0.29) is 17.7 Å². The number of benzene rings is 2. The van der Waals surface area contributed by atoms with Crippen molar-refractivity contribution in [2.45, 2.75) is 25.2 Å². The molecule has 1 N–H and O–H groups in total. The molecule has 1 fully saturated rings. The molecule has 2 atom stereocenters. The summed E-state index contributed by atoms with van der Waals surface area (Å²) < 4.78 is 34.7. The Labute approximate surface area is 150 Å². The maximum Gasteiger partial charge on any atom is 0.123 e. The molecule has 1 saturated heterocycles. The van der Waals surface area contributed by atoms with Gasteiger partial charge in [0.1, 0.15) is 11.6 Å². The first kappa shape index (κ1) is 17.4. The SMILES string of the molecule is COC1CCN(CC(O)Cn2c3ccc(F)cc3c3cc(F)ccc32)C1. The van der Waals surface area contributed by atoms with Crippen molar-refractivity contribution in [3.63, 3.8) is 0 Å². The predicted octanol–water partition coefficient (Wildman–Crippen LogP) is 3.15. The highest BCUT2D eigenvalue weighted by Crippen LogP contribution is 2.30. The van der Waals surface area contributed by atoms with E-state index in [9.17, 15) is 13.9 Å². The Bertz CT molecular complexity index is 881. The van der Waals surface area contributed by atoms with E-state index in [1.165, 1.54) is 24.3 Å². The highest BCUT2D eigenvalue weighted by molar-refractivity contribution is 6.08. The van der Waals surface area contributed by atoms with Crippen molar-refractivity contribution in [3.8, 4) is 0 Å². The molecular formula is C20H22F2N2O2. The van der Waals surface area contributed by atoms with Gasteiger partial charge in [0.2, 0.25) is 0 Å². The number of ether oxygens (including phenoxy) is 1. The Kier molecular flexibility index (Phi) is 4.65. The summed E-state index contributed by atoms with van der Waals surface area (Å²) in [6.45, 7) is 2.63. The summed E-state index contributed by atoms with van der Waals surface area (Å²) in [5, 5.41) is 11.9. The van der Waals surface area contributed by atoms with Gasteiger partial charge in [-0.05, 0) is 42.8 Å². The van der Waals surface area contributed by atoms with E-state index in [1.54, 1.807) is 19.2 Å². The Balaban J connectivity index is 1.64. The zero-order valence-electron chi connectivity index (χ0n) is 14.7. The first-order valence-corrected chi connectivity index (χ1v) is 8.85. The minimum absolute atomic E-state index is 0.224. The number of aliphatic hydroxyl groups excluding tert-OH is 1. The molecule has 0 aliphatic carbocycles. The fourth-order valence-electron chi connectivity index (χ4n) is 3.97. The normalized spacial score (nSPS) is 19.6. The number of fused-ring (bicyclic) bond motifs is 3. The van der Waals surface area contributed by atoms with Gasteiger partial charge in [0.25, 0.3) is 0 Å². The van der Waals surface area contributed by atoms with Gasteiger partial charge in [-0.15, -0.1) is 0 Å². The van der Waals surface area contributed by atoms with Crippen LogP contribution in [-0.2, 0) is 11.3 Å². The van der Waals surface area contributed by atoms with Crippen LogP contribution in [0.2, 0.25) is 0 Å². The van der Waals surface area contributed by atoms with Crippen LogP contribution < -0.4 is 0 Å². The van der Waals surface area contributed by atoms with Crippen LogP contribution in [0.5, 0.6) is 0 Å². The molecule has 138 valence electrons. The largest absolute Gasteiger partial charge is 0.390 e. The molecule has 6 heteroatoms. The molecule has 0 amide bonds. The molecule has 1 aliphatic rings. The van der Waals surface area contributed by atoms with Crippen LogP contribution in [0.3, 0.4) is 0 Å². The lowest BCUT2D eigenvalue weighted by molar-refractivity contribution is 0.0844. The van der Waals surface area contributed by atoms with Crippen LogP contribution in [0, 0.1) is 11.6 Å². The summed E-state index contributed by atoms with van der Waals surface area (Å²) in [6, 6.07) is 9.00. The van der Waals surface area contributed by atoms with Crippen LogP contribution in [0.25, 0.3) is 21.8 Å². The molecule has 0 saturated carbocycles. The fraction of sp³-hybridized carbons (Fsp3) is 0.400. The number of hydrogen-bond donors (Lipinski definition) is 1. The number of aromatic nitrogens is 1. The third-order valence-electron chi connectivity index (χ3n) is 5.21.